The zero-order valence-corrected chi connectivity index (χ0v) is 80.6. The van der Waals surface area contributed by atoms with E-state index in [0.717, 1.165) is 207 Å². The average molecular weight is 2060 g/mol. The van der Waals surface area contributed by atoms with Gasteiger partial charge >= 0.3 is 0 Å². The molecule has 0 saturated carbocycles. The Labute approximate surface area is 836 Å². The van der Waals surface area contributed by atoms with Crippen molar-refractivity contribution in [3.63, 3.8) is 0 Å². The number of rotatable bonds is 14. The molecule has 18 nitrogen and oxygen atoms in total. The quantitative estimate of drug-likeness (QED) is 0.0995. The molecular formula is C118H74Br4N18. The molecule has 0 bridgehead atoms. The van der Waals surface area contributed by atoms with E-state index in [1.165, 1.54) is 5.39 Å². The van der Waals surface area contributed by atoms with Crippen molar-refractivity contribution in [2.24, 2.45) is 0 Å². The Balaban J connectivity index is 0.000000104. The molecule has 140 heavy (non-hydrogen) atoms. The van der Waals surface area contributed by atoms with E-state index in [4.69, 9.17) is 59.8 Å². The number of hydrogen-bond donors (Lipinski definition) is 0. The minimum Gasteiger partial charge on any atom is -0.294 e. The van der Waals surface area contributed by atoms with Gasteiger partial charge in [0.2, 0.25) is 0 Å². The largest absolute Gasteiger partial charge is 0.294 e. The van der Waals surface area contributed by atoms with E-state index in [2.05, 4.69) is 268 Å². The maximum absolute atomic E-state index is 5.03. The number of pyridine rings is 7. The fourth-order valence-electron chi connectivity index (χ4n) is 17.9. The first-order valence-corrected chi connectivity index (χ1v) is 48.3. The van der Waals surface area contributed by atoms with Crippen LogP contribution >= 0.6 is 63.7 Å². The zero-order chi connectivity index (χ0) is 93.9. The van der Waals surface area contributed by atoms with Crippen molar-refractivity contribution in [1.82, 2.24) is 88.0 Å². The van der Waals surface area contributed by atoms with Crippen LogP contribution in [-0.2, 0) is 0 Å². The van der Waals surface area contributed by atoms with E-state index in [9.17, 15) is 0 Å². The van der Waals surface area contributed by atoms with Gasteiger partial charge in [0.15, 0.2) is 29.1 Å². The summed E-state index contributed by atoms with van der Waals surface area (Å²) < 4.78 is 12.8. The van der Waals surface area contributed by atoms with Gasteiger partial charge in [0, 0.05) is 154 Å². The van der Waals surface area contributed by atoms with E-state index in [1.54, 1.807) is 12.4 Å². The Morgan fingerprint density at radius 3 is 0.900 bits per heavy atom. The summed E-state index contributed by atoms with van der Waals surface area (Å²) in [7, 11) is 0. The number of nitrogens with zero attached hydrogens (tertiary/aromatic N) is 18. The highest BCUT2D eigenvalue weighted by Gasteiger charge is 2.25. The minimum absolute atomic E-state index is 0.620. The average Bonchev–Trinajstić information content (AvgIpc) is 1.61. The monoisotopic (exact) mass is 2060 g/mol. The van der Waals surface area contributed by atoms with E-state index in [1.807, 2.05) is 262 Å². The third-order valence-corrected chi connectivity index (χ3v) is 26.2. The van der Waals surface area contributed by atoms with Gasteiger partial charge in [-0.2, -0.15) is 0 Å². The fraction of sp³-hybridized carbons (Fsp3) is 0. The van der Waals surface area contributed by atoms with Crippen LogP contribution in [0, 0.1) is 0 Å². The maximum atomic E-state index is 5.03. The van der Waals surface area contributed by atoms with E-state index >= 15 is 0 Å². The first kappa shape index (κ1) is 87.1. The van der Waals surface area contributed by atoms with Gasteiger partial charge in [-0.05, 0) is 164 Å². The summed E-state index contributed by atoms with van der Waals surface area (Å²) in [5.74, 6) is 3.30. The molecular weight excluding hydrogens is 1990 g/mol. The van der Waals surface area contributed by atoms with Crippen LogP contribution < -0.4 is 0 Å². The molecule has 26 rings (SSSR count). The van der Waals surface area contributed by atoms with Gasteiger partial charge < -0.3 is 0 Å². The highest BCUT2D eigenvalue weighted by atomic mass is 79.9. The van der Waals surface area contributed by atoms with Gasteiger partial charge in [0.1, 0.15) is 22.6 Å². The smallest absolute Gasteiger partial charge is 0.164 e. The van der Waals surface area contributed by atoms with Gasteiger partial charge in [0.25, 0.3) is 0 Å². The molecule has 12 aromatic carbocycles. The lowest BCUT2D eigenvalue weighted by Gasteiger charge is -2.14. The van der Waals surface area contributed by atoms with Crippen LogP contribution in [0.4, 0.5) is 0 Å². The lowest BCUT2D eigenvalue weighted by Crippen LogP contribution is -2.03. The molecule has 0 aliphatic heterocycles. The molecule has 14 aromatic heterocycles. The molecule has 0 unspecified atom stereocenters. The molecule has 0 saturated heterocycles. The molecule has 0 N–H and O–H groups in total. The molecule has 22 heteroatoms. The Kier molecular flexibility index (Phi) is 24.0. The highest BCUT2D eigenvalue weighted by molar-refractivity contribution is 9.11. The topological polar surface area (TPSA) is 200 Å². The van der Waals surface area contributed by atoms with Crippen LogP contribution in [0.1, 0.15) is 0 Å². The van der Waals surface area contributed by atoms with Crippen LogP contribution in [0.5, 0.6) is 0 Å². The van der Waals surface area contributed by atoms with Gasteiger partial charge in [-0.15, -0.1) is 0 Å². The summed E-state index contributed by atoms with van der Waals surface area (Å²) in [5.41, 5.74) is 25.5. The lowest BCUT2D eigenvalue weighted by molar-refractivity contribution is 1.07. The van der Waals surface area contributed by atoms with Crippen LogP contribution in [0.25, 0.3) is 224 Å². The number of fused-ring (bicyclic) bond motifs is 12. The minimum atomic E-state index is 0.620. The first-order valence-electron chi connectivity index (χ1n) is 45.2. The molecule has 26 aromatic rings. The Hall–Kier alpha value is -17.0. The van der Waals surface area contributed by atoms with Crippen molar-refractivity contribution < 1.29 is 0 Å². The number of halogens is 4. The van der Waals surface area contributed by atoms with Gasteiger partial charge in [0.05, 0.1) is 79.5 Å². The molecule has 0 aliphatic carbocycles. The second-order valence-electron chi connectivity index (χ2n) is 33.0. The predicted octanol–water partition coefficient (Wildman–Crippen LogP) is 30.4. The van der Waals surface area contributed by atoms with Crippen molar-refractivity contribution in [2.75, 3.05) is 0 Å². The fourth-order valence-corrected chi connectivity index (χ4v) is 19.3. The number of benzene rings is 12. The molecule has 664 valence electrons. The van der Waals surface area contributed by atoms with Crippen LogP contribution in [-0.4, -0.2) is 88.0 Å². The van der Waals surface area contributed by atoms with Crippen molar-refractivity contribution >= 4 is 151 Å². The molecule has 0 atom stereocenters. The molecule has 0 aliphatic rings. The molecule has 14 heterocycles. The summed E-state index contributed by atoms with van der Waals surface area (Å²) >= 11 is 14.6. The second-order valence-corrected chi connectivity index (χ2v) is 36.7. The van der Waals surface area contributed by atoms with Crippen molar-refractivity contribution in [3.05, 3.63) is 468 Å². The van der Waals surface area contributed by atoms with E-state index in [-0.39, 0.29) is 0 Å². The third kappa shape index (κ3) is 17.4. The second kappa shape index (κ2) is 38.6. The third-order valence-electron chi connectivity index (χ3n) is 24.3. The van der Waals surface area contributed by atoms with E-state index in [0.29, 0.717) is 29.1 Å². The highest BCUT2D eigenvalue weighted by Crippen LogP contribution is 2.42. The Morgan fingerprint density at radius 2 is 0.493 bits per heavy atom. The van der Waals surface area contributed by atoms with Crippen molar-refractivity contribution in [3.8, 4) is 136 Å². The summed E-state index contributed by atoms with van der Waals surface area (Å²) in [6, 6.07) is 137. The Morgan fingerprint density at radius 1 is 0.171 bits per heavy atom. The molecule has 0 radical (unpaired) electrons. The standard InChI is InChI=1S/C33H21BrN4.C32H20BrN5.C27H17BrN4.C26H16BrN5/c34-25-16-17-27-28-15-8-18-35-33(28)38(31(27)20-25)26-14-7-13-24(19-26)30-21-29(22-9-3-1-4-10-22)36-32(37-30)23-11-5-2-6-12-23;33-24-16-17-26-27-15-8-18-34-32(27)38(28(26)20-24)25-14-7-13-23(19-25)31-36-29(21-9-3-1-4-10-21)35-30(37-31)22-11-5-2-6-12-22;28-20-13-14-21-22-12-7-15-29-27(22)32(23(21)16-20)24-17-30-26(19-10-5-2-6-11-19)31-25(24)18-8-3-1-4-9-18;27-17-9-10-19-20-6-5-13-30-26(20)32(25(19)14-17)18-15-23(21-7-1-3-11-28-21)31-24(16-18)22-8-2-4-12-29-22/h1-21H;1-20H;1-17H;1-16H. The summed E-state index contributed by atoms with van der Waals surface area (Å²) in [4.78, 5) is 67.3. The van der Waals surface area contributed by atoms with Crippen molar-refractivity contribution in [1.29, 1.82) is 0 Å². The van der Waals surface area contributed by atoms with Crippen LogP contribution in [0.15, 0.2) is 468 Å². The van der Waals surface area contributed by atoms with E-state index < -0.39 is 0 Å². The number of aromatic nitrogens is 18. The summed E-state index contributed by atoms with van der Waals surface area (Å²) in [5, 5.41) is 9.04. The van der Waals surface area contributed by atoms with Crippen LogP contribution in [0.3, 0.4) is 0 Å². The predicted molar refractivity (Wildman–Crippen MR) is 577 cm³/mol. The van der Waals surface area contributed by atoms with Gasteiger partial charge in [-0.25, -0.2) is 59.8 Å². The molecule has 0 fully saturated rings. The zero-order valence-electron chi connectivity index (χ0n) is 74.3. The molecule has 0 amide bonds. The Bertz CT molecular complexity index is 8660. The maximum Gasteiger partial charge on any atom is 0.164 e. The van der Waals surface area contributed by atoms with Crippen molar-refractivity contribution in [2.45, 2.75) is 0 Å². The SMILES string of the molecule is Brc1ccc2c3cccnc3n(-c3cc(-c4ccccn4)nc(-c4ccccn4)c3)c2c1.Brc1ccc2c3cccnc3n(-c3cccc(-c4cc(-c5ccccc5)nc(-c5ccccc5)n4)c3)c2c1.Brc1ccc2c3cccnc3n(-c3cccc(-c4nc(-c5ccccc5)nc(-c5ccccc5)n4)c3)c2c1.Brc1ccc2c3cccnc3n(-c3cnc(-c4ccccc4)nc3-c3ccccc3)c2c1. The van der Waals surface area contributed by atoms with Gasteiger partial charge in [-0.3, -0.25) is 28.2 Å². The lowest BCUT2D eigenvalue weighted by atomic mass is 10.1. The van der Waals surface area contributed by atoms with Crippen LogP contribution in [0.2, 0.25) is 0 Å². The summed E-state index contributed by atoms with van der Waals surface area (Å²) in [6.45, 7) is 0. The number of hydrogen-bond acceptors (Lipinski definition) is 14. The van der Waals surface area contributed by atoms with Gasteiger partial charge in [-0.1, -0.05) is 306 Å². The normalized spacial score (nSPS) is 11.3. The first-order chi connectivity index (χ1) is 69.1. The summed E-state index contributed by atoms with van der Waals surface area (Å²) in [6.07, 6.45) is 12.8. The molecule has 0 spiro atoms.